The van der Waals surface area contributed by atoms with E-state index in [1.54, 1.807) is 30.3 Å². The van der Waals surface area contributed by atoms with Crippen molar-refractivity contribution in [2.75, 3.05) is 37.0 Å². The van der Waals surface area contributed by atoms with E-state index >= 15 is 0 Å². The second kappa shape index (κ2) is 21.7. The van der Waals surface area contributed by atoms with Crippen LogP contribution in [0.25, 0.3) is 0 Å². The highest BCUT2D eigenvalue weighted by Gasteiger charge is 2.41. The van der Waals surface area contributed by atoms with Gasteiger partial charge in [0.1, 0.15) is 10.6 Å². The van der Waals surface area contributed by atoms with Gasteiger partial charge in [0, 0.05) is 36.8 Å². The van der Waals surface area contributed by atoms with Gasteiger partial charge in [-0.3, -0.25) is 0 Å². The van der Waals surface area contributed by atoms with Crippen molar-refractivity contribution in [1.29, 1.82) is 0 Å². The second-order valence-corrected chi connectivity index (χ2v) is 21.0. The van der Waals surface area contributed by atoms with Gasteiger partial charge in [0.25, 0.3) is 0 Å². The van der Waals surface area contributed by atoms with Crippen LogP contribution in [0.5, 0.6) is 0 Å². The molecule has 0 atom stereocenters. The van der Waals surface area contributed by atoms with Crippen LogP contribution in [0.4, 0.5) is 70.2 Å². The van der Waals surface area contributed by atoms with Gasteiger partial charge < -0.3 is 0 Å². The van der Waals surface area contributed by atoms with Crippen LogP contribution in [0.1, 0.15) is 13.0 Å². The molecule has 31 heteroatoms. The van der Waals surface area contributed by atoms with Crippen molar-refractivity contribution in [3.8, 4) is 0 Å². The van der Waals surface area contributed by atoms with E-state index in [1.807, 2.05) is 0 Å². The van der Waals surface area contributed by atoms with E-state index in [2.05, 4.69) is 0 Å². The molecule has 3 rings (SSSR count). The molecule has 0 bridgehead atoms. The van der Waals surface area contributed by atoms with Crippen molar-refractivity contribution in [1.82, 2.24) is 0 Å². The molecule has 0 aliphatic rings. The minimum absolute atomic E-state index is 0. The standard InChI is InChI=1S/C8H5F5O2S.C7H3F5O2S.C7H8O2S.C3H5F3O2S.C2H3F3O2S.CH4/c1-16(14,15)2-3-4(9)6(11)8(13)7(12)5(3)10;1-15(13,14)7-5(11)3(9)2(8)4(10)6(7)12;1-10(8,9)7-5-3-2-4-6-7;1-9(7,8)2-3(4,5)6;1-8(6,7)2(3,4)5;/h2H2,1H3;1H3;2-6H,1H3;2H2,1H3;1H3;1H4. The lowest BCUT2D eigenvalue weighted by molar-refractivity contribution is -0.106. The van der Waals surface area contributed by atoms with Gasteiger partial charge in [-0.15, -0.1) is 0 Å². The number of hydrogen-bond donors (Lipinski definition) is 0. The Morgan fingerprint density at radius 2 is 0.729 bits per heavy atom. The third kappa shape index (κ3) is 20.9. The number of alkyl halides is 6. The molecule has 342 valence electrons. The summed E-state index contributed by atoms with van der Waals surface area (Å²) in [4.78, 5) is -1.45. The molecule has 0 saturated heterocycles. The summed E-state index contributed by atoms with van der Waals surface area (Å²) in [5, 5.41) is 0. The van der Waals surface area contributed by atoms with Crippen LogP contribution in [0, 0.1) is 58.2 Å². The number of sulfone groups is 5. The van der Waals surface area contributed by atoms with Gasteiger partial charge in [0.05, 0.1) is 10.6 Å². The van der Waals surface area contributed by atoms with Gasteiger partial charge in [0.2, 0.25) is 21.5 Å². The number of halogens is 16. The van der Waals surface area contributed by atoms with Gasteiger partial charge in [-0.1, -0.05) is 25.6 Å². The van der Waals surface area contributed by atoms with Crippen LogP contribution in [0.3, 0.4) is 0 Å². The van der Waals surface area contributed by atoms with Gasteiger partial charge in [-0.25, -0.2) is 86.0 Å². The van der Waals surface area contributed by atoms with Crippen LogP contribution in [-0.4, -0.2) is 90.8 Å². The van der Waals surface area contributed by atoms with E-state index in [9.17, 15) is 112 Å². The first-order valence-electron chi connectivity index (χ1n) is 13.5. The molecule has 0 fully saturated rings. The molecule has 59 heavy (non-hydrogen) atoms. The Hall–Kier alpha value is -3.71. The first-order valence-corrected chi connectivity index (χ1v) is 23.3. The molecule has 3 aromatic carbocycles. The van der Waals surface area contributed by atoms with E-state index < -0.39 is 141 Å². The van der Waals surface area contributed by atoms with Crippen molar-refractivity contribution in [2.24, 2.45) is 0 Å². The first-order chi connectivity index (χ1) is 25.4. The maximum absolute atomic E-state index is 12.9. The lowest BCUT2D eigenvalue weighted by Gasteiger charge is -2.06. The molecular weight excluding hydrogens is 961 g/mol. The summed E-state index contributed by atoms with van der Waals surface area (Å²) in [7, 11) is -20.2. The molecule has 0 aromatic heterocycles. The average molecular weight is 989 g/mol. The van der Waals surface area contributed by atoms with E-state index in [4.69, 9.17) is 0 Å². The molecule has 0 saturated carbocycles. The van der Waals surface area contributed by atoms with Crippen LogP contribution < -0.4 is 0 Å². The molecule has 0 N–H and O–H groups in total. The summed E-state index contributed by atoms with van der Waals surface area (Å²) < 4.78 is 297. The normalized spacial score (nSPS) is 12.2. The van der Waals surface area contributed by atoms with Crippen molar-refractivity contribution in [2.45, 2.75) is 34.7 Å². The predicted octanol–water partition coefficient (Wildman–Crippen LogP) is 6.58. The minimum Gasteiger partial charge on any atom is -0.229 e. The zero-order valence-electron chi connectivity index (χ0n) is 29.0. The highest BCUT2D eigenvalue weighted by Crippen LogP contribution is 2.27. The van der Waals surface area contributed by atoms with Crippen molar-refractivity contribution < 1.29 is 112 Å². The summed E-state index contributed by atoms with van der Waals surface area (Å²) in [5.74, 6) is -25.5. The molecular formula is C28H28F16O10S5. The molecule has 10 nitrogen and oxygen atoms in total. The third-order valence-electron chi connectivity index (χ3n) is 5.27. The highest BCUT2D eigenvalue weighted by atomic mass is 32.2. The van der Waals surface area contributed by atoms with Gasteiger partial charge in [-0.2, -0.15) is 26.3 Å². The first kappa shape index (κ1) is 59.6. The SMILES string of the molecule is C.CS(=O)(=O)C(F)(F)F.CS(=O)(=O)CC(F)(F)F.CS(=O)(=O)Cc1c(F)c(F)c(F)c(F)c1F.CS(=O)(=O)c1c(F)c(F)c(F)c(F)c1F.CS(=O)(=O)c1ccccc1. The third-order valence-corrected chi connectivity index (χ3v) is 10.00. The minimum atomic E-state index is -5.09. The van der Waals surface area contributed by atoms with Crippen molar-refractivity contribution >= 4 is 49.2 Å². The van der Waals surface area contributed by atoms with E-state index in [0.717, 1.165) is 0 Å². The van der Waals surface area contributed by atoms with Gasteiger partial charge >= 0.3 is 11.7 Å². The largest absolute Gasteiger partial charge is 0.497 e. The fraction of sp³-hybridized carbons (Fsp3) is 0.357. The van der Waals surface area contributed by atoms with Crippen LogP contribution >= 0.6 is 0 Å². The Labute approximate surface area is 326 Å². The van der Waals surface area contributed by atoms with E-state index in [-0.39, 0.29) is 13.7 Å². The zero-order valence-corrected chi connectivity index (χ0v) is 33.1. The van der Waals surface area contributed by atoms with E-state index in [1.165, 1.54) is 6.26 Å². The summed E-state index contributed by atoms with van der Waals surface area (Å²) in [5.41, 5.74) is -6.44. The number of rotatable bonds is 5. The van der Waals surface area contributed by atoms with Crippen molar-refractivity contribution in [3.05, 3.63) is 94.1 Å². The second-order valence-electron chi connectivity index (χ2n) is 10.8. The summed E-state index contributed by atoms with van der Waals surface area (Å²) in [6.45, 7) is 0. The summed E-state index contributed by atoms with van der Waals surface area (Å²) >= 11 is 0. The Bertz CT molecular complexity index is 2430. The maximum Gasteiger partial charge on any atom is 0.497 e. The lowest BCUT2D eigenvalue weighted by atomic mass is 10.2. The molecule has 0 heterocycles. The highest BCUT2D eigenvalue weighted by molar-refractivity contribution is 7.92. The van der Waals surface area contributed by atoms with Crippen LogP contribution in [0.2, 0.25) is 0 Å². The molecule has 0 aliphatic carbocycles. The number of benzene rings is 3. The lowest BCUT2D eigenvalue weighted by Crippen LogP contribution is -2.21. The molecule has 0 radical (unpaired) electrons. The van der Waals surface area contributed by atoms with Gasteiger partial charge in [-0.05, 0) is 12.1 Å². The average Bonchev–Trinajstić information content (AvgIpc) is 3.00. The fourth-order valence-corrected chi connectivity index (χ4v) is 5.77. The topological polar surface area (TPSA) is 171 Å². The summed E-state index contributed by atoms with van der Waals surface area (Å²) in [6.07, 6.45) is -1.79. The Morgan fingerprint density at radius 1 is 0.441 bits per heavy atom. The van der Waals surface area contributed by atoms with Crippen LogP contribution in [0.15, 0.2) is 40.1 Å². The van der Waals surface area contributed by atoms with Crippen molar-refractivity contribution in [3.63, 3.8) is 0 Å². The maximum atomic E-state index is 12.9. The molecule has 0 spiro atoms. The molecule has 0 aliphatic heterocycles. The zero-order chi connectivity index (χ0) is 47.0. The molecule has 0 unspecified atom stereocenters. The molecule has 0 amide bonds. The van der Waals surface area contributed by atoms with Gasteiger partial charge in [0.15, 0.2) is 85.9 Å². The predicted molar refractivity (Wildman–Crippen MR) is 177 cm³/mol. The Morgan fingerprint density at radius 3 is 0.915 bits per heavy atom. The monoisotopic (exact) mass is 988 g/mol. The smallest absolute Gasteiger partial charge is 0.229 e. The van der Waals surface area contributed by atoms with E-state index in [0.29, 0.717) is 23.7 Å². The number of hydrogen-bond acceptors (Lipinski definition) is 10. The molecule has 3 aromatic rings. The fourth-order valence-electron chi connectivity index (χ4n) is 2.91. The quantitative estimate of drug-likeness (QED) is 0.118. The summed E-state index contributed by atoms with van der Waals surface area (Å²) in [6, 6.07) is 8.35. The Balaban J connectivity index is -0.000000680. The van der Waals surface area contributed by atoms with Crippen LogP contribution in [-0.2, 0) is 54.9 Å². The Kier molecular flexibility index (Phi) is 21.9.